The summed E-state index contributed by atoms with van der Waals surface area (Å²) in [5.74, 6) is -5.62. The third-order valence-electron chi connectivity index (χ3n) is 8.80. The highest BCUT2D eigenvalue weighted by Crippen LogP contribution is 2.44. The van der Waals surface area contributed by atoms with Crippen LogP contribution < -0.4 is 16.0 Å². The molecule has 3 aromatic carbocycles. The molecule has 14 heteroatoms. The van der Waals surface area contributed by atoms with Crippen LogP contribution in [0.5, 0.6) is 0 Å². The number of hydrogen-bond donors (Lipinski definition) is 3. The second-order valence-electron chi connectivity index (χ2n) is 12.0. The Balaban J connectivity index is 1.95. The molecular weight excluding hydrogens is 657 g/mol. The van der Waals surface area contributed by atoms with Crippen molar-refractivity contribution >= 4 is 35.3 Å². The van der Waals surface area contributed by atoms with Crippen molar-refractivity contribution in [3.05, 3.63) is 102 Å². The lowest BCUT2D eigenvalue weighted by atomic mass is 9.91. The van der Waals surface area contributed by atoms with Gasteiger partial charge in [0.05, 0.1) is 11.3 Å². The molecule has 266 valence electrons. The molecule has 1 heterocycles. The van der Waals surface area contributed by atoms with E-state index in [1.54, 1.807) is 19.9 Å². The van der Waals surface area contributed by atoms with Gasteiger partial charge in [-0.15, -0.1) is 0 Å². The maximum Gasteiger partial charge on any atom is 0.432 e. The average Bonchev–Trinajstić information content (AvgIpc) is 3.10. The van der Waals surface area contributed by atoms with Crippen LogP contribution in [0, 0.1) is 5.92 Å². The van der Waals surface area contributed by atoms with Crippen LogP contribution in [0.3, 0.4) is 0 Å². The molecule has 1 unspecified atom stereocenters. The molecule has 0 saturated carbocycles. The van der Waals surface area contributed by atoms with Crippen molar-refractivity contribution in [3.8, 4) is 0 Å². The summed E-state index contributed by atoms with van der Waals surface area (Å²) < 4.78 is 55.6. The number of hydrogen-bond acceptors (Lipinski definition) is 7. The van der Waals surface area contributed by atoms with Crippen molar-refractivity contribution in [2.24, 2.45) is 5.92 Å². The molecule has 11 nitrogen and oxygen atoms in total. The summed E-state index contributed by atoms with van der Waals surface area (Å²) >= 11 is 0. The van der Waals surface area contributed by atoms with Crippen LogP contribution in [-0.4, -0.2) is 73.0 Å². The van der Waals surface area contributed by atoms with E-state index in [-0.39, 0.29) is 16.8 Å². The molecule has 0 bridgehead atoms. The van der Waals surface area contributed by atoms with Gasteiger partial charge in [-0.05, 0) is 30.5 Å². The van der Waals surface area contributed by atoms with Crippen LogP contribution >= 0.6 is 0 Å². The van der Waals surface area contributed by atoms with Gasteiger partial charge in [0.2, 0.25) is 11.8 Å². The highest BCUT2D eigenvalue weighted by atomic mass is 19.4. The third kappa shape index (κ3) is 7.49. The number of fused-ring (bicyclic) bond motifs is 1. The van der Waals surface area contributed by atoms with E-state index in [0.717, 1.165) is 17.0 Å². The van der Waals surface area contributed by atoms with Crippen LogP contribution in [0.2, 0.25) is 0 Å². The molecular formula is C36H39F3N4O7. The zero-order chi connectivity index (χ0) is 36.8. The Labute approximate surface area is 287 Å². The number of anilines is 1. The van der Waals surface area contributed by atoms with Crippen molar-refractivity contribution in [1.29, 1.82) is 0 Å². The van der Waals surface area contributed by atoms with Gasteiger partial charge in [-0.2, -0.15) is 13.2 Å². The number of alkyl halides is 3. The van der Waals surface area contributed by atoms with E-state index in [2.05, 4.69) is 16.0 Å². The molecule has 3 N–H and O–H groups in total. The Kier molecular flexibility index (Phi) is 11.7. The number of rotatable bonds is 8. The van der Waals surface area contributed by atoms with Crippen LogP contribution in [0.1, 0.15) is 54.8 Å². The monoisotopic (exact) mass is 696 g/mol. The van der Waals surface area contributed by atoms with E-state index < -0.39 is 77.1 Å². The molecule has 3 aromatic rings. The average molecular weight is 697 g/mol. The largest absolute Gasteiger partial charge is 0.452 e. The Morgan fingerprint density at radius 1 is 0.880 bits per heavy atom. The summed E-state index contributed by atoms with van der Waals surface area (Å²) in [4.78, 5) is 70.3. The maximum absolute atomic E-state index is 15.0. The van der Waals surface area contributed by atoms with E-state index in [0.29, 0.717) is 13.5 Å². The van der Waals surface area contributed by atoms with E-state index >= 15 is 0 Å². The minimum atomic E-state index is -5.34. The number of methoxy groups -OCH3 is 1. The third-order valence-corrected chi connectivity index (χ3v) is 8.80. The van der Waals surface area contributed by atoms with E-state index in [9.17, 15) is 37.1 Å². The molecule has 1 aliphatic heterocycles. The lowest BCUT2D eigenvalue weighted by Gasteiger charge is -2.39. The van der Waals surface area contributed by atoms with E-state index in [1.807, 2.05) is 0 Å². The lowest BCUT2D eigenvalue weighted by molar-refractivity contribution is -0.279. The fourth-order valence-electron chi connectivity index (χ4n) is 5.71. The number of carbonyl (C=O) groups is 5. The first-order valence-electron chi connectivity index (χ1n) is 15.9. The molecule has 0 spiro atoms. The highest BCUT2D eigenvalue weighted by Gasteiger charge is 2.64. The van der Waals surface area contributed by atoms with Gasteiger partial charge in [0.25, 0.3) is 17.4 Å². The molecule has 4 amide bonds. The van der Waals surface area contributed by atoms with Crippen LogP contribution in [0.15, 0.2) is 84.9 Å². The number of halogens is 3. The Morgan fingerprint density at radius 2 is 1.46 bits per heavy atom. The predicted molar refractivity (Wildman–Crippen MR) is 176 cm³/mol. The number of likely N-dealkylation sites (N-methyl/N-ethyl adjacent to an activating group) is 1. The fraction of sp³-hybridized carbons (Fsp3) is 0.361. The standard InChI is InChI=1S/C36H39F3N4O7/c1-6-21(2)27-33(47)43(4)28(32(46)41-26-20-14-13-19-25(26)31(45)40-22(3)30(44)42-27)29(23-15-9-7-10-16-23)50-34(48)35(49-5,36(37,38)39)24-17-11-8-12-18-24/h7-22,27-29H,6H2,1-5H3,(H,40,45)(H,41,46)(H,42,44)/t21?,22-,27-,28-,29+,35-/m1/s1. The summed E-state index contributed by atoms with van der Waals surface area (Å²) in [6.07, 6.45) is -6.81. The quantitative estimate of drug-likeness (QED) is 0.295. The molecule has 0 fully saturated rings. The molecule has 0 radical (unpaired) electrons. The van der Waals surface area contributed by atoms with Crippen molar-refractivity contribution in [2.75, 3.05) is 19.5 Å². The van der Waals surface area contributed by atoms with Crippen LogP contribution in [0.4, 0.5) is 18.9 Å². The van der Waals surface area contributed by atoms with E-state index in [1.165, 1.54) is 80.7 Å². The van der Waals surface area contributed by atoms with E-state index in [4.69, 9.17) is 9.47 Å². The minimum absolute atomic E-state index is 0.0323. The molecule has 0 aliphatic carbocycles. The Hall–Kier alpha value is -5.24. The van der Waals surface area contributed by atoms with Gasteiger partial charge < -0.3 is 30.3 Å². The predicted octanol–water partition coefficient (Wildman–Crippen LogP) is 4.50. The van der Waals surface area contributed by atoms with Gasteiger partial charge in [-0.25, -0.2) is 4.79 Å². The molecule has 1 aliphatic rings. The second kappa shape index (κ2) is 15.5. The van der Waals surface area contributed by atoms with Crippen molar-refractivity contribution < 1.29 is 46.6 Å². The number of benzene rings is 3. The van der Waals surface area contributed by atoms with Crippen LogP contribution in [0.25, 0.3) is 0 Å². The van der Waals surface area contributed by atoms with Crippen molar-refractivity contribution in [2.45, 2.75) is 63.2 Å². The van der Waals surface area contributed by atoms with Gasteiger partial charge in [0, 0.05) is 19.7 Å². The maximum atomic E-state index is 15.0. The topological polar surface area (TPSA) is 143 Å². The molecule has 4 rings (SSSR count). The van der Waals surface area contributed by atoms with Gasteiger partial charge in [0.15, 0.2) is 12.1 Å². The van der Waals surface area contributed by atoms with Crippen molar-refractivity contribution in [1.82, 2.24) is 15.5 Å². The Morgan fingerprint density at radius 3 is 2.04 bits per heavy atom. The first kappa shape index (κ1) is 37.6. The summed E-state index contributed by atoms with van der Waals surface area (Å²) in [5, 5.41) is 7.83. The molecule has 50 heavy (non-hydrogen) atoms. The summed E-state index contributed by atoms with van der Waals surface area (Å²) in [6, 6.07) is 15.3. The number of nitrogens with zero attached hydrogens (tertiary/aromatic N) is 1. The number of amides is 4. The minimum Gasteiger partial charge on any atom is -0.452 e. The summed E-state index contributed by atoms with van der Waals surface area (Å²) in [7, 11) is 1.93. The second-order valence-corrected chi connectivity index (χ2v) is 12.0. The SMILES string of the molecule is CCC(C)[C@H]1NC(=O)[C@@H](C)NC(=O)c2ccccc2NC(=O)[C@@H]([C@@H](OC(=O)[C@](OC)(c2ccccc2)C(F)(F)F)c2ccccc2)N(C)C1=O. The van der Waals surface area contributed by atoms with Gasteiger partial charge in [-0.1, -0.05) is 93.1 Å². The zero-order valence-corrected chi connectivity index (χ0v) is 28.1. The number of esters is 1. The van der Waals surface area contributed by atoms with Gasteiger partial charge in [0.1, 0.15) is 12.1 Å². The molecule has 0 saturated heterocycles. The lowest BCUT2D eigenvalue weighted by Crippen LogP contribution is -2.59. The highest BCUT2D eigenvalue weighted by molar-refractivity contribution is 6.07. The Bertz CT molecular complexity index is 1710. The normalized spacial score (nSPS) is 21.4. The van der Waals surface area contributed by atoms with Gasteiger partial charge in [-0.3, -0.25) is 19.2 Å². The van der Waals surface area contributed by atoms with Crippen molar-refractivity contribution in [3.63, 3.8) is 0 Å². The van der Waals surface area contributed by atoms with Gasteiger partial charge >= 0.3 is 12.1 Å². The smallest absolute Gasteiger partial charge is 0.432 e. The molecule has 6 atom stereocenters. The number of carbonyl (C=O) groups excluding carboxylic acids is 5. The first-order valence-corrected chi connectivity index (χ1v) is 15.9. The van der Waals surface area contributed by atoms with Crippen LogP contribution in [-0.2, 0) is 34.3 Å². The number of ether oxygens (including phenoxy) is 2. The number of nitrogens with one attached hydrogen (secondary N) is 3. The summed E-state index contributed by atoms with van der Waals surface area (Å²) in [5.41, 5.74) is -4.22. The molecule has 0 aromatic heterocycles. The summed E-state index contributed by atoms with van der Waals surface area (Å²) in [6.45, 7) is 4.89. The number of para-hydroxylation sites is 1. The first-order chi connectivity index (χ1) is 23.7. The fourth-order valence-corrected chi connectivity index (χ4v) is 5.71. The zero-order valence-electron chi connectivity index (χ0n) is 28.1.